The van der Waals surface area contributed by atoms with Crippen LogP contribution in [0.5, 0.6) is 0 Å². The molecule has 1 unspecified atom stereocenters. The highest BCUT2D eigenvalue weighted by Crippen LogP contribution is 2.55. The summed E-state index contributed by atoms with van der Waals surface area (Å²) in [5, 5.41) is 18.7. The van der Waals surface area contributed by atoms with Gasteiger partial charge in [0.05, 0.1) is 0 Å². The Labute approximate surface area is 168 Å². The maximum absolute atomic E-state index is 12.8. The molecule has 148 valence electrons. The molecule has 1 aromatic carbocycles. The van der Waals surface area contributed by atoms with Crippen LogP contribution in [-0.2, 0) is 11.2 Å². The van der Waals surface area contributed by atoms with E-state index in [1.807, 2.05) is 29.6 Å². The largest absolute Gasteiger partial charge is 0.480 e. The summed E-state index contributed by atoms with van der Waals surface area (Å²) in [6, 6.07) is 6.73. The molecule has 4 fully saturated rings. The lowest BCUT2D eigenvalue weighted by Gasteiger charge is -2.56. The predicted octanol–water partition coefficient (Wildman–Crippen LogP) is 4.17. The normalized spacial score (nSPS) is 31.6. The number of urea groups is 1. The molecule has 0 spiro atoms. The Balaban J connectivity index is 1.28. The fraction of sp³-hybridized carbons (Fsp3) is 0.545. The molecule has 28 heavy (non-hydrogen) atoms. The third kappa shape index (κ3) is 3.28. The van der Waals surface area contributed by atoms with Crippen molar-refractivity contribution in [3.05, 3.63) is 35.2 Å². The average Bonchev–Trinajstić information content (AvgIpc) is 3.02. The molecule has 1 atom stereocenters. The quantitative estimate of drug-likeness (QED) is 0.707. The molecule has 4 saturated carbocycles. The summed E-state index contributed by atoms with van der Waals surface area (Å²) >= 11 is 1.61. The lowest BCUT2D eigenvalue weighted by atomic mass is 9.53. The molecule has 0 saturated heterocycles. The average molecular weight is 399 g/mol. The van der Waals surface area contributed by atoms with Crippen molar-refractivity contribution in [3.8, 4) is 0 Å². The van der Waals surface area contributed by atoms with E-state index in [4.69, 9.17) is 0 Å². The molecule has 5 nitrogen and oxygen atoms in total. The molecule has 2 amide bonds. The van der Waals surface area contributed by atoms with Gasteiger partial charge in [-0.3, -0.25) is 0 Å². The van der Waals surface area contributed by atoms with E-state index < -0.39 is 12.0 Å². The van der Waals surface area contributed by atoms with Gasteiger partial charge < -0.3 is 15.7 Å². The van der Waals surface area contributed by atoms with Crippen molar-refractivity contribution < 1.29 is 14.7 Å². The van der Waals surface area contributed by atoms with Crippen molar-refractivity contribution in [2.75, 3.05) is 0 Å². The van der Waals surface area contributed by atoms with Gasteiger partial charge in [0.2, 0.25) is 0 Å². The number of aliphatic carboxylic acids is 1. The number of amides is 2. The van der Waals surface area contributed by atoms with E-state index in [0.29, 0.717) is 6.42 Å². The van der Waals surface area contributed by atoms with E-state index in [9.17, 15) is 14.7 Å². The van der Waals surface area contributed by atoms with Crippen LogP contribution < -0.4 is 10.6 Å². The first-order valence-corrected chi connectivity index (χ1v) is 11.1. The maximum atomic E-state index is 12.8. The Morgan fingerprint density at radius 3 is 2.39 bits per heavy atom. The number of thiophene rings is 1. The van der Waals surface area contributed by atoms with Crippen molar-refractivity contribution in [1.82, 2.24) is 10.6 Å². The first kappa shape index (κ1) is 18.0. The van der Waals surface area contributed by atoms with Gasteiger partial charge in [-0.05, 0) is 78.7 Å². The number of rotatable bonds is 5. The summed E-state index contributed by atoms with van der Waals surface area (Å²) in [4.78, 5) is 24.6. The second kappa shape index (κ2) is 6.76. The molecule has 2 aromatic rings. The predicted molar refractivity (Wildman–Crippen MR) is 110 cm³/mol. The lowest BCUT2D eigenvalue weighted by molar-refractivity contribution is -0.139. The number of carbonyl (C=O) groups is 2. The molecular weight excluding hydrogens is 372 g/mol. The molecule has 4 bridgehead atoms. The zero-order chi connectivity index (χ0) is 19.3. The summed E-state index contributed by atoms with van der Waals surface area (Å²) in [5.74, 6) is 1.22. The van der Waals surface area contributed by atoms with Crippen molar-refractivity contribution in [2.45, 2.75) is 56.5 Å². The van der Waals surface area contributed by atoms with Crippen LogP contribution in [0.25, 0.3) is 10.1 Å². The Hall–Kier alpha value is -2.08. The molecule has 4 aliphatic carbocycles. The summed E-state index contributed by atoms with van der Waals surface area (Å²) in [7, 11) is 0. The van der Waals surface area contributed by atoms with Crippen molar-refractivity contribution in [2.24, 2.45) is 17.8 Å². The van der Waals surface area contributed by atoms with Crippen molar-refractivity contribution >= 4 is 33.4 Å². The van der Waals surface area contributed by atoms with Crippen LogP contribution in [0.2, 0.25) is 0 Å². The van der Waals surface area contributed by atoms with Gasteiger partial charge in [0, 0.05) is 16.7 Å². The summed E-state index contributed by atoms with van der Waals surface area (Å²) in [6.45, 7) is 0. The van der Waals surface area contributed by atoms with E-state index in [1.54, 1.807) is 11.3 Å². The highest BCUT2D eigenvalue weighted by atomic mass is 32.1. The van der Waals surface area contributed by atoms with Crippen LogP contribution in [0.15, 0.2) is 29.6 Å². The first-order valence-electron chi connectivity index (χ1n) is 10.3. The SMILES string of the molecule is O=C(NC(Cc1csc2ccccc12)C(=O)O)NC12CC3CC(CC(C3)C1)C2. The number of carboxylic acids is 1. The van der Waals surface area contributed by atoms with Gasteiger partial charge in [0.15, 0.2) is 0 Å². The molecule has 1 heterocycles. The zero-order valence-electron chi connectivity index (χ0n) is 15.8. The fourth-order valence-corrected chi connectivity index (χ4v) is 7.29. The minimum Gasteiger partial charge on any atom is -0.480 e. The molecule has 0 aliphatic heterocycles. The second-order valence-electron chi connectivity index (χ2n) is 9.15. The van der Waals surface area contributed by atoms with Crippen molar-refractivity contribution in [3.63, 3.8) is 0 Å². The van der Waals surface area contributed by atoms with Crippen LogP contribution in [0, 0.1) is 17.8 Å². The van der Waals surface area contributed by atoms with Gasteiger partial charge in [0.25, 0.3) is 0 Å². The number of benzene rings is 1. The minimum absolute atomic E-state index is 0.114. The number of hydrogen-bond donors (Lipinski definition) is 3. The molecule has 4 aliphatic rings. The van der Waals surface area contributed by atoms with Crippen LogP contribution >= 0.6 is 11.3 Å². The summed E-state index contributed by atoms with van der Waals surface area (Å²) in [5.41, 5.74) is 0.861. The molecule has 6 rings (SSSR count). The highest BCUT2D eigenvalue weighted by molar-refractivity contribution is 7.17. The van der Waals surface area contributed by atoms with Crippen LogP contribution in [0.1, 0.15) is 44.1 Å². The number of hydrogen-bond acceptors (Lipinski definition) is 3. The fourth-order valence-electron chi connectivity index (χ4n) is 6.31. The van der Waals surface area contributed by atoms with E-state index in [0.717, 1.165) is 52.7 Å². The van der Waals surface area contributed by atoms with Crippen LogP contribution in [-0.4, -0.2) is 28.7 Å². The first-order chi connectivity index (χ1) is 13.5. The number of carboxylic acid groups (broad SMARTS) is 1. The highest BCUT2D eigenvalue weighted by Gasteiger charge is 2.51. The third-order valence-corrected chi connectivity index (χ3v) is 8.02. The monoisotopic (exact) mass is 398 g/mol. The Morgan fingerprint density at radius 1 is 1.11 bits per heavy atom. The van der Waals surface area contributed by atoms with Gasteiger partial charge in [0.1, 0.15) is 6.04 Å². The van der Waals surface area contributed by atoms with Gasteiger partial charge in [-0.15, -0.1) is 11.3 Å². The molecule has 6 heteroatoms. The third-order valence-electron chi connectivity index (χ3n) is 7.01. The Kier molecular flexibility index (Phi) is 4.34. The van der Waals surface area contributed by atoms with Crippen molar-refractivity contribution in [1.29, 1.82) is 0 Å². The molecule has 0 radical (unpaired) electrons. The molecule has 1 aromatic heterocycles. The Morgan fingerprint density at radius 2 is 1.75 bits per heavy atom. The van der Waals surface area contributed by atoms with Gasteiger partial charge in [-0.25, -0.2) is 9.59 Å². The standard InChI is InChI=1S/C22H26N2O3S/c25-20(26)18(8-16-12-28-19-4-2-1-3-17(16)19)23-21(27)24-22-9-13-5-14(10-22)7-15(6-13)11-22/h1-4,12-15,18H,5-11H2,(H,25,26)(H2,23,24,27). The minimum atomic E-state index is -0.990. The molecular formula is C22H26N2O3S. The summed E-state index contributed by atoms with van der Waals surface area (Å²) in [6.07, 6.45) is 7.40. The summed E-state index contributed by atoms with van der Waals surface area (Å²) < 4.78 is 1.14. The number of fused-ring (bicyclic) bond motifs is 1. The van der Waals surface area contributed by atoms with Gasteiger partial charge in [-0.2, -0.15) is 0 Å². The number of carbonyl (C=O) groups excluding carboxylic acids is 1. The van der Waals surface area contributed by atoms with Crippen LogP contribution in [0.3, 0.4) is 0 Å². The molecule has 3 N–H and O–H groups in total. The maximum Gasteiger partial charge on any atom is 0.326 e. The van der Waals surface area contributed by atoms with Gasteiger partial charge in [-0.1, -0.05) is 18.2 Å². The number of nitrogens with one attached hydrogen (secondary N) is 2. The Bertz CT molecular complexity index is 886. The van der Waals surface area contributed by atoms with E-state index in [2.05, 4.69) is 10.6 Å². The lowest BCUT2D eigenvalue weighted by Crippen LogP contribution is -2.62. The zero-order valence-corrected chi connectivity index (χ0v) is 16.6. The van der Waals surface area contributed by atoms with E-state index in [1.165, 1.54) is 19.3 Å². The van der Waals surface area contributed by atoms with Crippen LogP contribution in [0.4, 0.5) is 4.79 Å². The smallest absolute Gasteiger partial charge is 0.326 e. The van der Waals surface area contributed by atoms with E-state index >= 15 is 0 Å². The van der Waals surface area contributed by atoms with Gasteiger partial charge >= 0.3 is 12.0 Å². The van der Waals surface area contributed by atoms with E-state index in [-0.39, 0.29) is 11.6 Å². The topological polar surface area (TPSA) is 78.4 Å². The second-order valence-corrected chi connectivity index (χ2v) is 10.1.